The van der Waals surface area contributed by atoms with E-state index in [1.165, 1.54) is 0 Å². The van der Waals surface area contributed by atoms with E-state index in [-0.39, 0.29) is 10.9 Å². The number of sulfonamides is 1. The third-order valence-corrected chi connectivity index (χ3v) is 4.08. The molecule has 0 aliphatic rings. The highest BCUT2D eigenvalue weighted by Gasteiger charge is 2.30. The van der Waals surface area contributed by atoms with Gasteiger partial charge < -0.3 is 10.1 Å². The van der Waals surface area contributed by atoms with Crippen molar-refractivity contribution in [2.24, 2.45) is 5.92 Å². The molecule has 1 heterocycles. The first-order valence-electron chi connectivity index (χ1n) is 5.54. The largest absolute Gasteiger partial charge is 0.480 e. The average Bonchev–Trinajstić information content (AvgIpc) is 2.72. The Morgan fingerprint density at radius 1 is 1.61 bits per heavy atom. The van der Waals surface area contributed by atoms with Crippen molar-refractivity contribution in [3.63, 3.8) is 0 Å². The van der Waals surface area contributed by atoms with Gasteiger partial charge in [-0.05, 0) is 12.8 Å². The highest BCUT2D eigenvalue weighted by Crippen LogP contribution is 2.12. The molecule has 1 rings (SSSR count). The molecule has 102 valence electrons. The molecule has 0 saturated carbocycles. The number of rotatable bonds is 6. The molecule has 7 nitrogen and oxygen atoms in total. The van der Waals surface area contributed by atoms with Gasteiger partial charge in [0.1, 0.15) is 11.9 Å². The van der Waals surface area contributed by atoms with Gasteiger partial charge in [-0.25, -0.2) is 13.4 Å². The van der Waals surface area contributed by atoms with Crippen LogP contribution in [0.2, 0.25) is 0 Å². The Bertz CT molecular complexity index is 523. The van der Waals surface area contributed by atoms with Crippen molar-refractivity contribution < 1.29 is 18.3 Å². The Balaban J connectivity index is 2.96. The van der Waals surface area contributed by atoms with Crippen molar-refractivity contribution >= 4 is 16.0 Å². The molecule has 2 atom stereocenters. The van der Waals surface area contributed by atoms with Crippen LogP contribution >= 0.6 is 0 Å². The van der Waals surface area contributed by atoms with Crippen LogP contribution in [0.5, 0.6) is 0 Å². The molecule has 3 N–H and O–H groups in total. The quantitative estimate of drug-likeness (QED) is 0.699. The summed E-state index contributed by atoms with van der Waals surface area (Å²) in [6.07, 6.45) is 1.72. The number of carboxylic acid groups (broad SMARTS) is 1. The fraction of sp³-hybridized carbons (Fsp3) is 0.600. The summed E-state index contributed by atoms with van der Waals surface area (Å²) in [6, 6.07) is -1.15. The lowest BCUT2D eigenvalue weighted by molar-refractivity contribution is -0.140. The summed E-state index contributed by atoms with van der Waals surface area (Å²) in [7, 11) is -3.89. The van der Waals surface area contributed by atoms with Gasteiger partial charge >= 0.3 is 5.97 Å². The molecule has 0 saturated heterocycles. The number of aromatic nitrogens is 2. The van der Waals surface area contributed by atoms with Crippen LogP contribution in [0, 0.1) is 12.8 Å². The maximum absolute atomic E-state index is 11.9. The van der Waals surface area contributed by atoms with Gasteiger partial charge in [0.05, 0.1) is 6.20 Å². The van der Waals surface area contributed by atoms with Gasteiger partial charge in [-0.2, -0.15) is 4.72 Å². The van der Waals surface area contributed by atoms with Crippen molar-refractivity contribution in [1.82, 2.24) is 14.7 Å². The van der Waals surface area contributed by atoms with Crippen LogP contribution in [0.15, 0.2) is 11.2 Å². The fourth-order valence-electron chi connectivity index (χ4n) is 1.41. The maximum atomic E-state index is 11.9. The lowest BCUT2D eigenvalue weighted by atomic mass is 10.0. The number of imidazole rings is 1. The van der Waals surface area contributed by atoms with E-state index >= 15 is 0 Å². The summed E-state index contributed by atoms with van der Waals surface area (Å²) in [5.41, 5.74) is 0. The molecule has 0 unspecified atom stereocenters. The van der Waals surface area contributed by atoms with E-state index in [0.717, 1.165) is 6.20 Å². The van der Waals surface area contributed by atoms with Crippen LogP contribution in [0.1, 0.15) is 26.1 Å². The molecule has 18 heavy (non-hydrogen) atoms. The normalized spacial score (nSPS) is 15.3. The van der Waals surface area contributed by atoms with E-state index in [4.69, 9.17) is 5.11 Å². The summed E-state index contributed by atoms with van der Waals surface area (Å²) in [6.45, 7) is 5.09. The van der Waals surface area contributed by atoms with Crippen LogP contribution in [0.4, 0.5) is 0 Å². The minimum Gasteiger partial charge on any atom is -0.480 e. The number of nitrogens with zero attached hydrogens (tertiary/aromatic N) is 1. The number of aliphatic carboxylic acids is 1. The minimum absolute atomic E-state index is 0.130. The van der Waals surface area contributed by atoms with Crippen molar-refractivity contribution in [3.05, 3.63) is 12.0 Å². The Morgan fingerprint density at radius 2 is 2.22 bits per heavy atom. The topological polar surface area (TPSA) is 112 Å². The third kappa shape index (κ3) is 3.30. The number of nitrogens with one attached hydrogen (secondary N) is 2. The molecule has 0 amide bonds. The van der Waals surface area contributed by atoms with Crippen LogP contribution < -0.4 is 4.72 Å². The van der Waals surface area contributed by atoms with Crippen LogP contribution in [0.25, 0.3) is 0 Å². The van der Waals surface area contributed by atoms with Crippen molar-refractivity contribution in [1.29, 1.82) is 0 Å². The van der Waals surface area contributed by atoms with E-state index in [0.29, 0.717) is 12.2 Å². The Hall–Kier alpha value is -1.41. The number of hydrogen-bond acceptors (Lipinski definition) is 4. The number of H-pyrrole nitrogens is 1. The van der Waals surface area contributed by atoms with Crippen molar-refractivity contribution in [2.75, 3.05) is 0 Å². The van der Waals surface area contributed by atoms with Gasteiger partial charge in [0.25, 0.3) is 10.0 Å². The number of aryl methyl sites for hydroxylation is 1. The number of carboxylic acids is 1. The third-order valence-electron chi connectivity index (χ3n) is 2.73. The van der Waals surface area contributed by atoms with Gasteiger partial charge in [-0.1, -0.05) is 20.3 Å². The van der Waals surface area contributed by atoms with Crippen LogP contribution in [0.3, 0.4) is 0 Å². The Kier molecular flexibility index (Phi) is 4.47. The summed E-state index contributed by atoms with van der Waals surface area (Å²) in [4.78, 5) is 17.4. The molecule has 0 aliphatic carbocycles. The molecular weight excluding hydrogens is 258 g/mol. The molecule has 0 fully saturated rings. The molecule has 1 aromatic rings. The molecule has 0 bridgehead atoms. The van der Waals surface area contributed by atoms with Gasteiger partial charge in [0.15, 0.2) is 5.03 Å². The minimum atomic E-state index is -3.89. The number of carbonyl (C=O) groups is 1. The van der Waals surface area contributed by atoms with Crippen molar-refractivity contribution in [3.8, 4) is 0 Å². The Morgan fingerprint density at radius 3 is 2.61 bits per heavy atom. The van der Waals surface area contributed by atoms with Gasteiger partial charge in [-0.3, -0.25) is 4.79 Å². The molecule has 8 heteroatoms. The van der Waals surface area contributed by atoms with E-state index in [1.54, 1.807) is 20.8 Å². The predicted molar refractivity (Wildman–Crippen MR) is 64.5 cm³/mol. The predicted octanol–water partition coefficient (Wildman–Crippen LogP) is 0.496. The summed E-state index contributed by atoms with van der Waals surface area (Å²) in [5.74, 6) is -1.05. The summed E-state index contributed by atoms with van der Waals surface area (Å²) in [5, 5.41) is 8.91. The first-order chi connectivity index (χ1) is 8.27. The van der Waals surface area contributed by atoms with E-state index in [1.807, 2.05) is 0 Å². The van der Waals surface area contributed by atoms with E-state index in [9.17, 15) is 13.2 Å². The smallest absolute Gasteiger partial charge is 0.322 e. The molecular formula is C10H17N3O4S. The van der Waals surface area contributed by atoms with Crippen LogP contribution in [-0.2, 0) is 14.8 Å². The second-order valence-corrected chi connectivity index (χ2v) is 5.84. The maximum Gasteiger partial charge on any atom is 0.322 e. The Labute approximate surface area is 106 Å². The van der Waals surface area contributed by atoms with Crippen LogP contribution in [-0.4, -0.2) is 35.5 Å². The average molecular weight is 275 g/mol. The van der Waals surface area contributed by atoms with E-state index in [2.05, 4.69) is 14.7 Å². The molecule has 1 aromatic heterocycles. The first kappa shape index (κ1) is 14.7. The zero-order valence-electron chi connectivity index (χ0n) is 10.5. The molecule has 0 spiro atoms. The zero-order valence-corrected chi connectivity index (χ0v) is 11.3. The second kappa shape index (κ2) is 5.49. The highest BCUT2D eigenvalue weighted by molar-refractivity contribution is 7.89. The monoisotopic (exact) mass is 275 g/mol. The van der Waals surface area contributed by atoms with Gasteiger partial charge in [0, 0.05) is 0 Å². The summed E-state index contributed by atoms with van der Waals surface area (Å²) >= 11 is 0. The fourth-order valence-corrected chi connectivity index (χ4v) is 2.68. The van der Waals surface area contributed by atoms with Crippen molar-refractivity contribution in [2.45, 2.75) is 38.3 Å². The second-order valence-electron chi connectivity index (χ2n) is 4.16. The number of aromatic amines is 1. The lowest BCUT2D eigenvalue weighted by Crippen LogP contribution is -2.45. The lowest BCUT2D eigenvalue weighted by Gasteiger charge is -2.19. The zero-order chi connectivity index (χ0) is 13.9. The molecule has 0 aromatic carbocycles. The standard InChI is InChI=1S/C10H17N3O4S/c1-4-6(2)9(10(14)15)13-18(16,17)8-5-11-7(3)12-8/h5-6,9,13H,4H2,1-3H3,(H,11,12)(H,14,15)/t6-,9-/m0/s1. The number of hydrogen-bond donors (Lipinski definition) is 3. The van der Waals surface area contributed by atoms with Gasteiger partial charge in [0.2, 0.25) is 0 Å². The highest BCUT2D eigenvalue weighted by atomic mass is 32.2. The van der Waals surface area contributed by atoms with E-state index < -0.39 is 22.0 Å². The molecule has 0 aliphatic heterocycles. The first-order valence-corrected chi connectivity index (χ1v) is 7.03. The van der Waals surface area contributed by atoms with Gasteiger partial charge in [-0.15, -0.1) is 0 Å². The SMILES string of the molecule is CC[C@H](C)[C@H](NS(=O)(=O)c1cnc(C)[nH]1)C(=O)O. The summed E-state index contributed by atoms with van der Waals surface area (Å²) < 4.78 is 26.0. The molecule has 0 radical (unpaired) electrons.